The number of benzene rings is 1. The van der Waals surface area contributed by atoms with Gasteiger partial charge in [-0.25, -0.2) is 4.79 Å². The van der Waals surface area contributed by atoms with Crippen LogP contribution < -0.4 is 15.3 Å². The third kappa shape index (κ3) is 3.93. The molecule has 4 heterocycles. The van der Waals surface area contributed by atoms with Gasteiger partial charge >= 0.3 is 10.9 Å². The topological polar surface area (TPSA) is 141 Å². The first kappa shape index (κ1) is 23.6. The van der Waals surface area contributed by atoms with Crippen molar-refractivity contribution in [2.45, 2.75) is 22.7 Å². The van der Waals surface area contributed by atoms with Gasteiger partial charge < -0.3 is 20.1 Å². The molecular weight excluding hydrogens is 496 g/mol. The molecule has 11 nitrogen and oxygen atoms in total. The number of fused-ring (bicyclic) bond motifs is 2. The van der Waals surface area contributed by atoms with Crippen molar-refractivity contribution in [1.29, 1.82) is 0 Å². The second-order valence-electron chi connectivity index (χ2n) is 8.28. The molecule has 0 saturated carbocycles. The zero-order valence-corrected chi connectivity index (χ0v) is 20.3. The van der Waals surface area contributed by atoms with Crippen molar-refractivity contribution >= 4 is 46.9 Å². The highest BCUT2D eigenvalue weighted by Crippen LogP contribution is 2.53. The van der Waals surface area contributed by atoms with E-state index in [0.717, 1.165) is 23.1 Å². The Hall–Kier alpha value is -3.16. The summed E-state index contributed by atoms with van der Waals surface area (Å²) in [5, 5.41) is -0.496. The standard InChI is InChI=1S/C22H22N4O7S2/c1-32-12-4-2-11(3-5-12)14-15-16(19(29)26(18(15)28)21(23)30)34-20-17(14)35-22(31)25(20)10-13(27)24-6-8-33-9-7-24/h2-5,14-16H,6-10H2,1H3,(H2,23,30)/t14-,15?,16?/m0/s1. The third-order valence-corrected chi connectivity index (χ3v) is 9.01. The molecule has 1 aromatic heterocycles. The lowest BCUT2D eigenvalue weighted by Crippen LogP contribution is -2.43. The number of amides is 5. The molecule has 0 spiro atoms. The van der Waals surface area contributed by atoms with Crippen LogP contribution in [0.2, 0.25) is 0 Å². The minimum atomic E-state index is -1.13. The smallest absolute Gasteiger partial charge is 0.328 e. The van der Waals surface area contributed by atoms with E-state index in [9.17, 15) is 24.0 Å². The zero-order valence-electron chi connectivity index (χ0n) is 18.7. The summed E-state index contributed by atoms with van der Waals surface area (Å²) in [4.78, 5) is 66.5. The fourth-order valence-electron chi connectivity index (χ4n) is 4.69. The third-order valence-electron chi connectivity index (χ3n) is 6.40. The summed E-state index contributed by atoms with van der Waals surface area (Å²) >= 11 is 1.98. The molecule has 0 bridgehead atoms. The van der Waals surface area contributed by atoms with E-state index in [4.69, 9.17) is 15.2 Å². The Kier molecular flexibility index (Phi) is 6.15. The first-order chi connectivity index (χ1) is 16.8. The van der Waals surface area contributed by atoms with Crippen molar-refractivity contribution in [2.75, 3.05) is 33.4 Å². The maximum atomic E-state index is 13.2. The summed E-state index contributed by atoms with van der Waals surface area (Å²) in [6.45, 7) is 1.55. The van der Waals surface area contributed by atoms with Crippen LogP contribution in [0.4, 0.5) is 4.79 Å². The van der Waals surface area contributed by atoms with Crippen LogP contribution in [0.1, 0.15) is 16.4 Å². The summed E-state index contributed by atoms with van der Waals surface area (Å²) < 4.78 is 11.9. The molecule has 184 valence electrons. The number of hydrogen-bond donors (Lipinski definition) is 1. The summed E-state index contributed by atoms with van der Waals surface area (Å²) in [6, 6.07) is 5.84. The molecule has 5 rings (SSSR count). The predicted molar refractivity (Wildman–Crippen MR) is 125 cm³/mol. The van der Waals surface area contributed by atoms with E-state index in [1.165, 1.54) is 11.7 Å². The number of rotatable bonds is 4. The van der Waals surface area contributed by atoms with Gasteiger partial charge in [0.1, 0.15) is 17.5 Å². The molecule has 13 heteroatoms. The normalized spacial score (nSPS) is 23.7. The summed E-state index contributed by atoms with van der Waals surface area (Å²) in [5.41, 5.74) is 6.03. The van der Waals surface area contributed by atoms with Crippen LogP contribution in [0.15, 0.2) is 34.1 Å². The molecular formula is C22H22N4O7S2. The van der Waals surface area contributed by atoms with Crippen molar-refractivity contribution in [1.82, 2.24) is 14.4 Å². The van der Waals surface area contributed by atoms with Gasteiger partial charge in [-0.05, 0) is 17.7 Å². The van der Waals surface area contributed by atoms with Crippen molar-refractivity contribution in [3.8, 4) is 5.75 Å². The number of nitrogens with two attached hydrogens (primary N) is 1. The van der Waals surface area contributed by atoms with E-state index >= 15 is 0 Å². The molecule has 2 saturated heterocycles. The van der Waals surface area contributed by atoms with E-state index in [0.29, 0.717) is 52.4 Å². The number of hydrogen-bond acceptors (Lipinski definition) is 9. The Morgan fingerprint density at radius 2 is 1.80 bits per heavy atom. The number of aromatic nitrogens is 1. The molecule has 2 N–H and O–H groups in total. The fraction of sp³-hybridized carbons (Fsp3) is 0.409. The monoisotopic (exact) mass is 518 g/mol. The predicted octanol–water partition coefficient (Wildman–Crippen LogP) is 0.447. The summed E-state index contributed by atoms with van der Waals surface area (Å²) in [6.07, 6.45) is 0. The second-order valence-corrected chi connectivity index (χ2v) is 10.4. The molecule has 5 amide bonds. The van der Waals surface area contributed by atoms with Crippen LogP contribution in [-0.4, -0.2) is 76.8 Å². The van der Waals surface area contributed by atoms with E-state index in [1.807, 2.05) is 0 Å². The van der Waals surface area contributed by atoms with E-state index in [2.05, 4.69) is 0 Å². The number of nitrogens with zero attached hydrogens (tertiary/aromatic N) is 3. The molecule has 2 unspecified atom stereocenters. The van der Waals surface area contributed by atoms with Crippen LogP contribution in [-0.2, 0) is 25.7 Å². The first-order valence-electron chi connectivity index (χ1n) is 10.9. The Balaban J connectivity index is 1.59. The van der Waals surface area contributed by atoms with Gasteiger partial charge in [-0.3, -0.25) is 23.7 Å². The molecule has 0 radical (unpaired) electrons. The van der Waals surface area contributed by atoms with Gasteiger partial charge in [0.05, 0.1) is 31.3 Å². The summed E-state index contributed by atoms with van der Waals surface area (Å²) in [5.74, 6) is -2.62. The molecule has 3 aliphatic heterocycles. The summed E-state index contributed by atoms with van der Waals surface area (Å²) in [7, 11) is 1.53. The van der Waals surface area contributed by atoms with Crippen LogP contribution in [0.3, 0.4) is 0 Å². The number of primary amides is 1. The fourth-order valence-corrected chi connectivity index (χ4v) is 7.46. The first-order valence-corrected chi connectivity index (χ1v) is 12.6. The van der Waals surface area contributed by atoms with Crippen molar-refractivity contribution in [3.63, 3.8) is 0 Å². The molecule has 0 aliphatic carbocycles. The Morgan fingerprint density at radius 3 is 2.43 bits per heavy atom. The lowest BCUT2D eigenvalue weighted by Gasteiger charge is -2.31. The van der Waals surface area contributed by atoms with Gasteiger partial charge in [-0.15, -0.1) is 0 Å². The van der Waals surface area contributed by atoms with E-state index in [-0.39, 0.29) is 17.3 Å². The highest BCUT2D eigenvalue weighted by molar-refractivity contribution is 8.00. The number of thioether (sulfide) groups is 1. The van der Waals surface area contributed by atoms with Crippen molar-refractivity contribution < 1.29 is 28.7 Å². The number of carbonyl (C=O) groups is 4. The Morgan fingerprint density at radius 1 is 1.11 bits per heavy atom. The van der Waals surface area contributed by atoms with Crippen LogP contribution in [0.5, 0.6) is 5.75 Å². The number of carbonyl (C=O) groups excluding carboxylic acids is 4. The van der Waals surface area contributed by atoms with Crippen LogP contribution >= 0.6 is 23.1 Å². The van der Waals surface area contributed by atoms with Gasteiger partial charge in [0.25, 0.3) is 5.91 Å². The van der Waals surface area contributed by atoms with E-state index < -0.39 is 34.9 Å². The quantitative estimate of drug-likeness (QED) is 0.575. The number of urea groups is 1. The number of imide groups is 3. The molecule has 3 aliphatic rings. The molecule has 3 atom stereocenters. The maximum absolute atomic E-state index is 13.2. The lowest BCUT2D eigenvalue weighted by molar-refractivity contribution is -0.137. The number of ether oxygens (including phenoxy) is 2. The van der Waals surface area contributed by atoms with E-state index in [1.54, 1.807) is 29.2 Å². The van der Waals surface area contributed by atoms with Gasteiger partial charge in [-0.1, -0.05) is 35.2 Å². The maximum Gasteiger partial charge on any atom is 0.328 e. The van der Waals surface area contributed by atoms with Crippen LogP contribution in [0, 0.1) is 5.92 Å². The number of likely N-dealkylation sites (tertiary alicyclic amines) is 1. The SMILES string of the molecule is COc1ccc([C@@H]2c3sc(=O)n(CC(=O)N4CCOCC4)c3SC3C(=O)N(C(N)=O)C(=O)C32)cc1. The number of methoxy groups -OCH3 is 1. The molecule has 1 aromatic carbocycles. The minimum absolute atomic E-state index is 0.188. The minimum Gasteiger partial charge on any atom is -0.497 e. The van der Waals surface area contributed by atoms with Gasteiger partial charge in [0.15, 0.2) is 0 Å². The Labute approximate surface area is 207 Å². The van der Waals surface area contributed by atoms with Gasteiger partial charge in [-0.2, -0.15) is 4.90 Å². The lowest BCUT2D eigenvalue weighted by atomic mass is 9.83. The highest BCUT2D eigenvalue weighted by atomic mass is 32.2. The number of morpholine rings is 1. The van der Waals surface area contributed by atoms with Crippen molar-refractivity contribution in [3.05, 3.63) is 44.4 Å². The zero-order chi connectivity index (χ0) is 24.9. The average Bonchev–Trinajstić information content (AvgIpc) is 3.30. The largest absolute Gasteiger partial charge is 0.497 e. The highest BCUT2D eigenvalue weighted by Gasteiger charge is 2.57. The molecule has 2 fully saturated rings. The molecule has 35 heavy (non-hydrogen) atoms. The second kappa shape index (κ2) is 9.13. The average molecular weight is 519 g/mol. The number of thiazole rings is 1. The van der Waals surface area contributed by atoms with Crippen molar-refractivity contribution in [2.24, 2.45) is 11.7 Å². The van der Waals surface area contributed by atoms with Gasteiger partial charge in [0.2, 0.25) is 11.8 Å². The van der Waals surface area contributed by atoms with Crippen LogP contribution in [0.25, 0.3) is 0 Å². The van der Waals surface area contributed by atoms with Gasteiger partial charge in [0, 0.05) is 23.9 Å². The molecule has 2 aromatic rings. The Bertz CT molecular complexity index is 1270.